The first-order chi connectivity index (χ1) is 15.5. The lowest BCUT2D eigenvalue weighted by molar-refractivity contribution is -0.141. The number of hydrogen-bond acceptors (Lipinski definition) is 4. The average Bonchev–Trinajstić information content (AvgIpc) is 2.81. The topological polar surface area (TPSA) is 98.7 Å². The molecule has 1 rings (SSSR count). The molecular weight excluding hydrogens is 418 g/mol. The van der Waals surface area contributed by atoms with Crippen molar-refractivity contribution in [3.63, 3.8) is 0 Å². The molecule has 1 aliphatic carbocycles. The zero-order valence-corrected chi connectivity index (χ0v) is 21.9. The molecule has 1 aliphatic rings. The van der Waals surface area contributed by atoms with Gasteiger partial charge in [0, 0.05) is 12.6 Å². The number of likely N-dealkylation sites (N-methyl/N-ethyl adjacent to an activating group) is 1. The molecule has 0 aromatic heterocycles. The van der Waals surface area contributed by atoms with Gasteiger partial charge in [-0.2, -0.15) is 0 Å². The third-order valence-corrected chi connectivity index (χ3v) is 7.27. The number of nitrogens with one attached hydrogen (secondary N) is 2. The number of carboxylic acid groups (broad SMARTS) is 1. The molecule has 2 atom stereocenters. The molecule has 0 bridgehead atoms. The maximum Gasteiger partial charge on any atom is 0.331 e. The zero-order valence-electron chi connectivity index (χ0n) is 21.9. The Labute approximate surface area is 200 Å². The van der Waals surface area contributed by atoms with Crippen molar-refractivity contribution in [3.05, 3.63) is 11.6 Å². The van der Waals surface area contributed by atoms with Crippen LogP contribution in [0.15, 0.2) is 11.6 Å². The highest BCUT2D eigenvalue weighted by molar-refractivity contribution is 5.92. The van der Waals surface area contributed by atoms with E-state index in [1.54, 1.807) is 24.9 Å². The maximum absolute atomic E-state index is 13.8. The van der Waals surface area contributed by atoms with E-state index in [-0.39, 0.29) is 35.3 Å². The number of hydrogen-bond donors (Lipinski definition) is 3. The molecule has 2 amide bonds. The first-order valence-electron chi connectivity index (χ1n) is 12.8. The molecule has 0 saturated heterocycles. The van der Waals surface area contributed by atoms with Crippen molar-refractivity contribution in [1.29, 1.82) is 0 Å². The van der Waals surface area contributed by atoms with Crippen LogP contribution >= 0.6 is 0 Å². The van der Waals surface area contributed by atoms with E-state index >= 15 is 0 Å². The van der Waals surface area contributed by atoms with E-state index in [1.165, 1.54) is 0 Å². The predicted octanol–water partition coefficient (Wildman–Crippen LogP) is 4.12. The van der Waals surface area contributed by atoms with Gasteiger partial charge in [-0.1, -0.05) is 60.0 Å². The minimum atomic E-state index is -0.990. The summed E-state index contributed by atoms with van der Waals surface area (Å²) in [5.41, 5.74) is -0.481. The van der Waals surface area contributed by atoms with Gasteiger partial charge in [-0.15, -0.1) is 0 Å². The highest BCUT2D eigenvalue weighted by atomic mass is 16.4. The van der Waals surface area contributed by atoms with Gasteiger partial charge in [0.15, 0.2) is 0 Å². The number of carbonyl (C=O) groups excluding carboxylic acids is 2. The van der Waals surface area contributed by atoms with E-state index in [9.17, 15) is 19.5 Å². The minimum Gasteiger partial charge on any atom is -0.478 e. The van der Waals surface area contributed by atoms with Crippen molar-refractivity contribution in [1.82, 2.24) is 15.5 Å². The Morgan fingerprint density at radius 2 is 1.67 bits per heavy atom. The summed E-state index contributed by atoms with van der Waals surface area (Å²) in [4.78, 5) is 40.4. The first-order valence-corrected chi connectivity index (χ1v) is 12.8. The van der Waals surface area contributed by atoms with Crippen LogP contribution < -0.4 is 10.6 Å². The second-order valence-electron chi connectivity index (χ2n) is 9.90. The molecular formula is C26H47N3O4. The Kier molecular flexibility index (Phi) is 12.1. The predicted molar refractivity (Wildman–Crippen MR) is 133 cm³/mol. The SMILES string of the molecule is CCCNC(CC)(CC)C(=O)NC(C(=O)N(C)[C@H](/C=C(\C)C(=O)O)C(C)C)C1CCCCC1. The van der Waals surface area contributed by atoms with E-state index in [4.69, 9.17) is 0 Å². The van der Waals surface area contributed by atoms with Gasteiger partial charge in [0.05, 0.1) is 11.6 Å². The average molecular weight is 466 g/mol. The fraction of sp³-hybridized carbons (Fsp3) is 0.808. The van der Waals surface area contributed by atoms with Gasteiger partial charge >= 0.3 is 5.97 Å². The van der Waals surface area contributed by atoms with Crippen molar-refractivity contribution in [3.8, 4) is 0 Å². The molecule has 1 fully saturated rings. The fourth-order valence-electron chi connectivity index (χ4n) is 4.84. The lowest BCUT2D eigenvalue weighted by atomic mass is 9.82. The molecule has 1 unspecified atom stereocenters. The fourth-order valence-corrected chi connectivity index (χ4v) is 4.84. The van der Waals surface area contributed by atoms with Gasteiger partial charge in [0.2, 0.25) is 11.8 Å². The van der Waals surface area contributed by atoms with Crippen LogP contribution in [0.5, 0.6) is 0 Å². The number of amides is 2. The van der Waals surface area contributed by atoms with Crippen LogP contribution in [-0.4, -0.2) is 59.0 Å². The molecule has 0 aromatic carbocycles. The van der Waals surface area contributed by atoms with Crippen molar-refractivity contribution in [2.45, 2.75) is 111 Å². The van der Waals surface area contributed by atoms with E-state index in [0.717, 1.165) is 45.1 Å². The van der Waals surface area contributed by atoms with Gasteiger partial charge in [0.1, 0.15) is 6.04 Å². The lowest BCUT2D eigenvalue weighted by Gasteiger charge is -2.39. The normalized spacial score (nSPS) is 17.5. The second kappa shape index (κ2) is 13.7. The van der Waals surface area contributed by atoms with E-state index in [2.05, 4.69) is 17.6 Å². The van der Waals surface area contributed by atoms with E-state index in [1.807, 2.05) is 27.7 Å². The van der Waals surface area contributed by atoms with Crippen molar-refractivity contribution in [2.75, 3.05) is 13.6 Å². The summed E-state index contributed by atoms with van der Waals surface area (Å²) in [5.74, 6) is -1.12. The Hall–Kier alpha value is -1.89. The third kappa shape index (κ3) is 7.83. The number of carboxylic acids is 1. The van der Waals surface area contributed by atoms with Crippen LogP contribution in [0.4, 0.5) is 0 Å². The van der Waals surface area contributed by atoms with Crippen LogP contribution in [0.1, 0.15) is 92.9 Å². The Bertz CT molecular complexity index is 679. The standard InChI is InChI=1S/C26H47N3O4/c1-8-16-27-26(9-2,10-3)25(33)28-22(20-14-12-11-13-15-20)23(30)29(7)21(18(4)5)17-19(6)24(31)32/h17-18,20-22,27H,8-16H2,1-7H3,(H,28,33)(H,31,32)/b19-17+/t21-,22?/m1/s1. The van der Waals surface area contributed by atoms with Gasteiger partial charge in [-0.05, 0) is 57.4 Å². The van der Waals surface area contributed by atoms with Crippen molar-refractivity contribution in [2.24, 2.45) is 11.8 Å². The number of aliphatic carboxylic acids is 1. The molecule has 0 heterocycles. The largest absolute Gasteiger partial charge is 0.478 e. The Morgan fingerprint density at radius 3 is 2.12 bits per heavy atom. The summed E-state index contributed by atoms with van der Waals surface area (Å²) in [5, 5.41) is 15.9. The molecule has 1 saturated carbocycles. The summed E-state index contributed by atoms with van der Waals surface area (Å²) >= 11 is 0. The highest BCUT2D eigenvalue weighted by Crippen LogP contribution is 2.29. The molecule has 0 aromatic rings. The van der Waals surface area contributed by atoms with Crippen LogP contribution in [0.3, 0.4) is 0 Å². The Balaban J connectivity index is 3.26. The number of carbonyl (C=O) groups is 3. The first kappa shape index (κ1) is 29.1. The summed E-state index contributed by atoms with van der Waals surface area (Å²) in [6, 6.07) is -0.972. The van der Waals surface area contributed by atoms with Crippen LogP contribution in [0.25, 0.3) is 0 Å². The minimum absolute atomic E-state index is 0.0348. The maximum atomic E-state index is 13.8. The monoisotopic (exact) mass is 465 g/mol. The molecule has 0 aliphatic heterocycles. The molecule has 0 spiro atoms. The number of nitrogens with zero attached hydrogens (tertiary/aromatic N) is 1. The summed E-state index contributed by atoms with van der Waals surface area (Å²) < 4.78 is 0. The quantitative estimate of drug-likeness (QED) is 0.355. The summed E-state index contributed by atoms with van der Waals surface area (Å²) in [6.45, 7) is 12.3. The van der Waals surface area contributed by atoms with Crippen LogP contribution in [-0.2, 0) is 14.4 Å². The van der Waals surface area contributed by atoms with Gasteiger partial charge < -0.3 is 20.6 Å². The van der Waals surface area contributed by atoms with E-state index in [0.29, 0.717) is 12.8 Å². The molecule has 0 radical (unpaired) electrons. The van der Waals surface area contributed by atoms with Gasteiger partial charge in [-0.3, -0.25) is 9.59 Å². The number of rotatable bonds is 13. The highest BCUT2D eigenvalue weighted by Gasteiger charge is 2.40. The third-order valence-electron chi connectivity index (χ3n) is 7.27. The molecule has 7 heteroatoms. The molecule has 7 nitrogen and oxygen atoms in total. The lowest BCUT2D eigenvalue weighted by Crippen LogP contribution is -2.62. The van der Waals surface area contributed by atoms with Crippen LogP contribution in [0, 0.1) is 11.8 Å². The smallest absolute Gasteiger partial charge is 0.331 e. The van der Waals surface area contributed by atoms with Crippen molar-refractivity contribution < 1.29 is 19.5 Å². The molecule has 190 valence electrons. The van der Waals surface area contributed by atoms with Crippen LogP contribution in [0.2, 0.25) is 0 Å². The van der Waals surface area contributed by atoms with E-state index < -0.39 is 17.6 Å². The summed E-state index contributed by atoms with van der Waals surface area (Å²) in [7, 11) is 1.73. The molecule has 3 N–H and O–H groups in total. The zero-order chi connectivity index (χ0) is 25.2. The van der Waals surface area contributed by atoms with Crippen molar-refractivity contribution >= 4 is 17.8 Å². The van der Waals surface area contributed by atoms with Gasteiger partial charge in [-0.25, -0.2) is 4.79 Å². The van der Waals surface area contributed by atoms with Gasteiger partial charge in [0.25, 0.3) is 0 Å². The second-order valence-corrected chi connectivity index (χ2v) is 9.90. The Morgan fingerprint density at radius 1 is 1.09 bits per heavy atom. The molecule has 33 heavy (non-hydrogen) atoms. The summed E-state index contributed by atoms with van der Waals surface area (Å²) in [6.07, 6.45) is 8.95.